The van der Waals surface area contributed by atoms with E-state index in [1.165, 1.54) is 27.8 Å². The molecule has 0 amide bonds. The number of nitrogens with two attached hydrogens (primary N) is 1. The van der Waals surface area contributed by atoms with Gasteiger partial charge in [0.15, 0.2) is 0 Å². The second-order valence-electron chi connectivity index (χ2n) is 7.40. The van der Waals surface area contributed by atoms with E-state index >= 15 is 0 Å². The second-order valence-corrected chi connectivity index (χ2v) is 7.40. The lowest BCUT2D eigenvalue weighted by molar-refractivity contribution is 0.286. The maximum absolute atomic E-state index is 6.56. The van der Waals surface area contributed by atoms with E-state index in [2.05, 4.69) is 82.3 Å². The molecule has 0 fully saturated rings. The van der Waals surface area contributed by atoms with Crippen LogP contribution < -0.4 is 5.73 Å². The summed E-state index contributed by atoms with van der Waals surface area (Å²) in [6, 6.07) is 19.5. The first-order valence-electron chi connectivity index (χ1n) is 7.98. The number of hydrogen-bond acceptors (Lipinski definition) is 1. The van der Waals surface area contributed by atoms with Crippen LogP contribution in [0.1, 0.15) is 44.4 Å². The molecule has 22 heavy (non-hydrogen) atoms. The second kappa shape index (κ2) is 5.10. The largest absolute Gasteiger partial charge is 0.325 e. The van der Waals surface area contributed by atoms with Crippen molar-refractivity contribution in [2.24, 2.45) is 11.1 Å². The van der Waals surface area contributed by atoms with Crippen molar-refractivity contribution in [3.63, 3.8) is 0 Å². The molecule has 0 spiro atoms. The summed E-state index contributed by atoms with van der Waals surface area (Å²) in [5.41, 5.74) is 13.1. The van der Waals surface area contributed by atoms with E-state index in [4.69, 9.17) is 5.73 Å². The zero-order valence-corrected chi connectivity index (χ0v) is 14.0. The Labute approximate surface area is 133 Å². The molecule has 0 bridgehead atoms. The molecule has 1 aliphatic carbocycles. The van der Waals surface area contributed by atoms with Gasteiger partial charge in [-0.3, -0.25) is 0 Å². The van der Waals surface area contributed by atoms with Crippen LogP contribution in [-0.4, -0.2) is 5.54 Å². The molecule has 2 N–H and O–H groups in total. The summed E-state index contributed by atoms with van der Waals surface area (Å²) < 4.78 is 0. The monoisotopic (exact) mass is 291 g/mol. The minimum atomic E-state index is -0.292. The molecule has 0 heterocycles. The fraction of sp³-hybridized carbons (Fsp3) is 0.333. The number of rotatable bonds is 3. The molecule has 114 valence electrons. The average Bonchev–Trinajstić information content (AvgIpc) is 2.87. The maximum Gasteiger partial charge on any atom is 0.0189 e. The van der Waals surface area contributed by atoms with Crippen molar-refractivity contribution < 1.29 is 0 Å². The SMILES string of the molecule is CC(C)(N)C(C)(C)C1=C(c2ccccc2)Cc2ccccc21. The number of allylic oxidation sites excluding steroid dienone is 1. The zero-order chi connectivity index (χ0) is 16.0. The first-order valence-corrected chi connectivity index (χ1v) is 7.98. The quantitative estimate of drug-likeness (QED) is 0.853. The lowest BCUT2D eigenvalue weighted by atomic mass is 9.67. The molecule has 0 saturated heterocycles. The molecule has 1 nitrogen and oxygen atoms in total. The van der Waals surface area contributed by atoms with Crippen LogP contribution in [0.3, 0.4) is 0 Å². The van der Waals surface area contributed by atoms with Crippen molar-refractivity contribution in [2.45, 2.75) is 39.7 Å². The molecule has 0 radical (unpaired) electrons. The maximum atomic E-state index is 6.56. The Balaban J connectivity index is 2.26. The van der Waals surface area contributed by atoms with Crippen molar-refractivity contribution >= 4 is 11.1 Å². The fourth-order valence-electron chi connectivity index (χ4n) is 3.28. The van der Waals surface area contributed by atoms with Crippen molar-refractivity contribution in [2.75, 3.05) is 0 Å². The molecule has 0 aliphatic heterocycles. The van der Waals surface area contributed by atoms with Crippen molar-refractivity contribution in [3.8, 4) is 0 Å². The summed E-state index contributed by atoms with van der Waals surface area (Å²) >= 11 is 0. The van der Waals surface area contributed by atoms with Crippen LogP contribution in [0.25, 0.3) is 11.1 Å². The van der Waals surface area contributed by atoms with Gasteiger partial charge >= 0.3 is 0 Å². The third kappa shape index (κ3) is 2.30. The molecule has 2 aromatic rings. The van der Waals surface area contributed by atoms with Gasteiger partial charge < -0.3 is 5.73 Å². The summed E-state index contributed by atoms with van der Waals surface area (Å²) in [6.07, 6.45) is 0.995. The minimum Gasteiger partial charge on any atom is -0.325 e. The van der Waals surface area contributed by atoms with Crippen LogP contribution in [0.2, 0.25) is 0 Å². The highest BCUT2D eigenvalue weighted by molar-refractivity contribution is 5.99. The Morgan fingerprint density at radius 2 is 1.41 bits per heavy atom. The van der Waals surface area contributed by atoms with Gasteiger partial charge in [-0.1, -0.05) is 68.4 Å². The Morgan fingerprint density at radius 1 is 0.818 bits per heavy atom. The molecule has 1 heteroatoms. The van der Waals surface area contributed by atoms with E-state index in [-0.39, 0.29) is 11.0 Å². The lowest BCUT2D eigenvalue weighted by Crippen LogP contribution is -2.48. The molecular formula is C21H25N. The summed E-state index contributed by atoms with van der Waals surface area (Å²) in [4.78, 5) is 0. The molecule has 1 aliphatic rings. The first kappa shape index (κ1) is 15.1. The third-order valence-electron chi connectivity index (χ3n) is 5.31. The van der Waals surface area contributed by atoms with Crippen molar-refractivity contribution in [1.82, 2.24) is 0 Å². The van der Waals surface area contributed by atoms with Gasteiger partial charge in [0.05, 0.1) is 0 Å². The Morgan fingerprint density at radius 3 is 2.05 bits per heavy atom. The Bertz CT molecular complexity index is 715. The van der Waals surface area contributed by atoms with E-state index in [1.807, 2.05) is 0 Å². The van der Waals surface area contributed by atoms with Crippen LogP contribution in [0.4, 0.5) is 0 Å². The minimum absolute atomic E-state index is 0.106. The first-order chi connectivity index (χ1) is 10.3. The van der Waals surface area contributed by atoms with Gasteiger partial charge in [-0.2, -0.15) is 0 Å². The number of benzene rings is 2. The van der Waals surface area contributed by atoms with Gasteiger partial charge in [-0.05, 0) is 48.1 Å². The molecule has 0 unspecified atom stereocenters. The van der Waals surface area contributed by atoms with Gasteiger partial charge in [-0.15, -0.1) is 0 Å². The molecule has 0 atom stereocenters. The van der Waals surface area contributed by atoms with Crippen LogP contribution in [0.5, 0.6) is 0 Å². The van der Waals surface area contributed by atoms with E-state index in [0.717, 1.165) is 6.42 Å². The highest BCUT2D eigenvalue weighted by Gasteiger charge is 2.41. The smallest absolute Gasteiger partial charge is 0.0189 e. The predicted molar refractivity (Wildman–Crippen MR) is 95.4 cm³/mol. The van der Waals surface area contributed by atoms with Crippen molar-refractivity contribution in [1.29, 1.82) is 0 Å². The van der Waals surface area contributed by atoms with Crippen LogP contribution in [0, 0.1) is 5.41 Å². The van der Waals surface area contributed by atoms with Gasteiger partial charge in [0.1, 0.15) is 0 Å². The number of hydrogen-bond donors (Lipinski definition) is 1. The molecule has 0 saturated carbocycles. The summed E-state index contributed by atoms with van der Waals surface area (Å²) in [7, 11) is 0. The topological polar surface area (TPSA) is 26.0 Å². The Kier molecular flexibility index (Phi) is 3.49. The van der Waals surface area contributed by atoms with Gasteiger partial charge in [-0.25, -0.2) is 0 Å². The highest BCUT2D eigenvalue weighted by atomic mass is 14.8. The van der Waals surface area contributed by atoms with Crippen LogP contribution in [0.15, 0.2) is 54.6 Å². The molecule has 0 aromatic heterocycles. The molecule has 3 rings (SSSR count). The van der Waals surface area contributed by atoms with Gasteiger partial charge in [0, 0.05) is 11.0 Å². The normalized spacial score (nSPS) is 15.1. The average molecular weight is 291 g/mol. The highest BCUT2D eigenvalue weighted by Crippen LogP contribution is 2.51. The zero-order valence-electron chi connectivity index (χ0n) is 14.0. The van der Waals surface area contributed by atoms with Gasteiger partial charge in [0.25, 0.3) is 0 Å². The summed E-state index contributed by atoms with van der Waals surface area (Å²) in [6.45, 7) is 8.80. The molecule has 2 aromatic carbocycles. The van der Waals surface area contributed by atoms with Crippen LogP contribution in [-0.2, 0) is 6.42 Å². The van der Waals surface area contributed by atoms with E-state index in [1.54, 1.807) is 0 Å². The summed E-state index contributed by atoms with van der Waals surface area (Å²) in [5.74, 6) is 0. The molecular weight excluding hydrogens is 266 g/mol. The standard InChI is InChI=1S/C21H25N/c1-20(2,21(3,4)22)19-17-13-9-8-12-16(17)14-18(19)15-10-6-5-7-11-15/h5-13H,14,22H2,1-4H3. The van der Waals surface area contributed by atoms with Crippen LogP contribution >= 0.6 is 0 Å². The lowest BCUT2D eigenvalue weighted by Gasteiger charge is -2.41. The van der Waals surface area contributed by atoms with E-state index in [0.29, 0.717) is 0 Å². The van der Waals surface area contributed by atoms with Crippen molar-refractivity contribution in [3.05, 3.63) is 71.3 Å². The van der Waals surface area contributed by atoms with Gasteiger partial charge in [0.2, 0.25) is 0 Å². The third-order valence-corrected chi connectivity index (χ3v) is 5.31. The van der Waals surface area contributed by atoms with E-state index < -0.39 is 0 Å². The predicted octanol–water partition coefficient (Wildman–Crippen LogP) is 4.92. The fourth-order valence-corrected chi connectivity index (χ4v) is 3.28. The number of fused-ring (bicyclic) bond motifs is 1. The Hall–Kier alpha value is -1.86. The van der Waals surface area contributed by atoms with E-state index in [9.17, 15) is 0 Å². The summed E-state index contributed by atoms with van der Waals surface area (Å²) in [5, 5.41) is 0.